The molecule has 90 valence electrons. The number of rotatable bonds is 3. The zero-order valence-electron chi connectivity index (χ0n) is 10.5. The minimum atomic E-state index is -0.312. The molecule has 3 nitrogen and oxygen atoms in total. The molecule has 0 unspecified atom stereocenters. The van der Waals surface area contributed by atoms with Crippen LogP contribution in [0.25, 0.3) is 0 Å². The van der Waals surface area contributed by atoms with E-state index in [0.29, 0.717) is 13.2 Å². The summed E-state index contributed by atoms with van der Waals surface area (Å²) in [5, 5.41) is 9.18. The van der Waals surface area contributed by atoms with Crippen LogP contribution in [-0.4, -0.2) is 20.3 Å². The number of benzene rings is 1. The first-order valence-corrected chi connectivity index (χ1v) is 5.73. The Morgan fingerprint density at radius 1 is 1.35 bits per heavy atom. The summed E-state index contributed by atoms with van der Waals surface area (Å²) in [4.78, 5) is 0. The molecule has 0 aromatic heterocycles. The van der Waals surface area contributed by atoms with Crippen molar-refractivity contribution >= 4 is 0 Å². The first-order chi connectivity index (χ1) is 8.10. The van der Waals surface area contributed by atoms with Crippen molar-refractivity contribution in [2.75, 3.05) is 20.3 Å². The molecule has 1 saturated heterocycles. The van der Waals surface area contributed by atoms with Crippen molar-refractivity contribution in [1.82, 2.24) is 0 Å². The molecule has 0 N–H and O–H groups in total. The van der Waals surface area contributed by atoms with Gasteiger partial charge in [0.15, 0.2) is 0 Å². The van der Waals surface area contributed by atoms with E-state index in [1.807, 2.05) is 13.8 Å². The molecule has 1 aromatic rings. The van der Waals surface area contributed by atoms with Gasteiger partial charge in [-0.2, -0.15) is 5.26 Å². The molecule has 17 heavy (non-hydrogen) atoms. The van der Waals surface area contributed by atoms with Gasteiger partial charge >= 0.3 is 0 Å². The number of nitrogens with zero attached hydrogens (tertiary/aromatic N) is 1. The average Bonchev–Trinajstić information content (AvgIpc) is 2.23. The van der Waals surface area contributed by atoms with Crippen molar-refractivity contribution in [3.63, 3.8) is 0 Å². The minimum absolute atomic E-state index is 0.312. The Kier molecular flexibility index (Phi) is 3.08. The summed E-state index contributed by atoms with van der Waals surface area (Å²) in [5.74, 6) is 0.935. The van der Waals surface area contributed by atoms with Crippen molar-refractivity contribution < 1.29 is 9.47 Å². The van der Waals surface area contributed by atoms with E-state index in [1.54, 1.807) is 7.11 Å². The molecule has 0 saturated carbocycles. The number of hydrogen-bond donors (Lipinski definition) is 0. The fourth-order valence-corrected chi connectivity index (χ4v) is 2.41. The van der Waals surface area contributed by atoms with Crippen LogP contribution in [0.3, 0.4) is 0 Å². The molecule has 0 aliphatic carbocycles. The molecule has 1 heterocycles. The number of nitriles is 1. The Labute approximate surface area is 102 Å². The summed E-state index contributed by atoms with van der Waals surface area (Å²) in [7, 11) is 1.69. The Bertz CT molecular complexity index is 447. The van der Waals surface area contributed by atoms with Crippen LogP contribution in [0.4, 0.5) is 0 Å². The minimum Gasteiger partial charge on any atom is -0.496 e. The maximum absolute atomic E-state index is 9.18. The third-order valence-corrected chi connectivity index (χ3v) is 3.26. The fraction of sp³-hybridized carbons (Fsp3) is 0.500. The summed E-state index contributed by atoms with van der Waals surface area (Å²) in [6, 6.07) is 6.58. The fourth-order valence-electron chi connectivity index (χ4n) is 2.41. The van der Waals surface area contributed by atoms with Crippen molar-refractivity contribution in [2.45, 2.75) is 20.3 Å². The molecule has 0 bridgehead atoms. The van der Waals surface area contributed by atoms with Gasteiger partial charge in [-0.3, -0.25) is 0 Å². The zero-order chi connectivity index (χ0) is 12.5. The predicted molar refractivity (Wildman–Crippen MR) is 65.0 cm³/mol. The van der Waals surface area contributed by atoms with E-state index >= 15 is 0 Å². The highest BCUT2D eigenvalue weighted by atomic mass is 16.5. The van der Waals surface area contributed by atoms with E-state index in [4.69, 9.17) is 9.47 Å². The van der Waals surface area contributed by atoms with Gasteiger partial charge in [-0.15, -0.1) is 0 Å². The van der Waals surface area contributed by atoms with Crippen LogP contribution in [0.15, 0.2) is 12.1 Å². The van der Waals surface area contributed by atoms with Gasteiger partial charge in [0.05, 0.1) is 26.4 Å². The van der Waals surface area contributed by atoms with Crippen LogP contribution in [0, 0.1) is 30.6 Å². The van der Waals surface area contributed by atoms with Gasteiger partial charge in [0.2, 0.25) is 0 Å². The third kappa shape index (κ3) is 2.13. The van der Waals surface area contributed by atoms with E-state index < -0.39 is 0 Å². The molecule has 1 fully saturated rings. The average molecular weight is 231 g/mol. The van der Waals surface area contributed by atoms with E-state index in [9.17, 15) is 5.26 Å². The highest BCUT2D eigenvalue weighted by molar-refractivity contribution is 5.44. The molecule has 0 radical (unpaired) electrons. The Morgan fingerprint density at radius 3 is 2.29 bits per heavy atom. The molecule has 0 amide bonds. The lowest BCUT2D eigenvalue weighted by atomic mass is 9.81. The van der Waals surface area contributed by atoms with Gasteiger partial charge in [0.25, 0.3) is 0 Å². The number of methoxy groups -OCH3 is 1. The van der Waals surface area contributed by atoms with Gasteiger partial charge in [-0.25, -0.2) is 0 Å². The molecular formula is C14H17NO2. The van der Waals surface area contributed by atoms with E-state index in [2.05, 4.69) is 18.2 Å². The molecule has 1 aromatic carbocycles. The summed E-state index contributed by atoms with van der Waals surface area (Å²) in [6.07, 6.45) is 0.759. The molecule has 1 aliphatic rings. The summed E-state index contributed by atoms with van der Waals surface area (Å²) in [5.41, 5.74) is 3.12. The lowest BCUT2D eigenvalue weighted by molar-refractivity contribution is -0.0765. The second kappa shape index (κ2) is 4.38. The van der Waals surface area contributed by atoms with Gasteiger partial charge in [0.1, 0.15) is 11.2 Å². The molecule has 2 rings (SSSR count). The van der Waals surface area contributed by atoms with Gasteiger partial charge in [-0.05, 0) is 37.0 Å². The molecule has 0 atom stereocenters. The monoisotopic (exact) mass is 231 g/mol. The third-order valence-electron chi connectivity index (χ3n) is 3.26. The Balaban J connectivity index is 2.26. The number of aryl methyl sites for hydroxylation is 2. The first kappa shape index (κ1) is 11.9. The van der Waals surface area contributed by atoms with Crippen LogP contribution in [0.1, 0.15) is 16.7 Å². The maximum atomic E-state index is 9.18. The molecule has 1 aliphatic heterocycles. The van der Waals surface area contributed by atoms with E-state index in [1.165, 1.54) is 5.56 Å². The quantitative estimate of drug-likeness (QED) is 0.802. The van der Waals surface area contributed by atoms with E-state index in [0.717, 1.165) is 23.3 Å². The summed E-state index contributed by atoms with van der Waals surface area (Å²) >= 11 is 0. The molecule has 3 heteroatoms. The molecular weight excluding hydrogens is 214 g/mol. The second-order valence-corrected chi connectivity index (χ2v) is 4.82. The van der Waals surface area contributed by atoms with Gasteiger partial charge in [0, 0.05) is 0 Å². The Hall–Kier alpha value is -1.53. The predicted octanol–water partition coefficient (Wildman–Crippen LogP) is 2.39. The van der Waals surface area contributed by atoms with E-state index in [-0.39, 0.29) is 5.41 Å². The van der Waals surface area contributed by atoms with Crippen molar-refractivity contribution in [3.8, 4) is 11.8 Å². The van der Waals surface area contributed by atoms with Crippen molar-refractivity contribution in [1.29, 1.82) is 5.26 Å². The SMILES string of the molecule is COc1c(C)cc(CC2(C#N)COC2)cc1C. The summed E-state index contributed by atoms with van der Waals surface area (Å²) in [6.45, 7) is 5.17. The van der Waals surface area contributed by atoms with Gasteiger partial charge < -0.3 is 9.47 Å². The molecule has 0 spiro atoms. The Morgan fingerprint density at radius 2 is 1.94 bits per heavy atom. The van der Waals surface area contributed by atoms with Crippen molar-refractivity contribution in [3.05, 3.63) is 28.8 Å². The smallest absolute Gasteiger partial charge is 0.124 e. The van der Waals surface area contributed by atoms with Crippen LogP contribution in [0.2, 0.25) is 0 Å². The highest BCUT2D eigenvalue weighted by Crippen LogP contribution is 2.33. The lowest BCUT2D eigenvalue weighted by Crippen LogP contribution is -2.43. The standard InChI is InChI=1S/C14H17NO2/c1-10-4-12(5-11(2)13(10)16-3)6-14(7-15)8-17-9-14/h4-5H,6,8-9H2,1-3H3. The van der Waals surface area contributed by atoms with Crippen LogP contribution < -0.4 is 4.74 Å². The zero-order valence-corrected chi connectivity index (χ0v) is 10.5. The second-order valence-electron chi connectivity index (χ2n) is 4.82. The number of hydrogen-bond acceptors (Lipinski definition) is 3. The first-order valence-electron chi connectivity index (χ1n) is 5.73. The van der Waals surface area contributed by atoms with Crippen LogP contribution >= 0.6 is 0 Å². The largest absolute Gasteiger partial charge is 0.496 e. The van der Waals surface area contributed by atoms with Gasteiger partial charge in [-0.1, -0.05) is 12.1 Å². The van der Waals surface area contributed by atoms with Crippen molar-refractivity contribution in [2.24, 2.45) is 5.41 Å². The summed E-state index contributed by atoms with van der Waals surface area (Å²) < 4.78 is 10.5. The highest BCUT2D eigenvalue weighted by Gasteiger charge is 2.39. The topological polar surface area (TPSA) is 42.2 Å². The van der Waals surface area contributed by atoms with Crippen LogP contribution in [-0.2, 0) is 11.2 Å². The lowest BCUT2D eigenvalue weighted by Gasteiger charge is -2.35. The maximum Gasteiger partial charge on any atom is 0.124 e. The number of ether oxygens (including phenoxy) is 2. The van der Waals surface area contributed by atoms with Crippen LogP contribution in [0.5, 0.6) is 5.75 Å². The normalized spacial score (nSPS) is 17.1.